The summed E-state index contributed by atoms with van der Waals surface area (Å²) >= 11 is 0. The van der Waals surface area contributed by atoms with Gasteiger partial charge in [-0.2, -0.15) is 18.2 Å². The van der Waals surface area contributed by atoms with Crippen LogP contribution in [0.15, 0.2) is 52.1 Å². The minimum atomic E-state index is -4.70. The number of azide groups is 1. The van der Waals surface area contributed by atoms with E-state index >= 15 is 0 Å². The second-order valence-corrected chi connectivity index (χ2v) is 5.24. The lowest BCUT2D eigenvalue weighted by molar-refractivity contribution is -0.138. The lowest BCUT2D eigenvalue weighted by atomic mass is 10.1. The molecule has 1 heterocycles. The quantitative estimate of drug-likeness (QED) is 0.403. The van der Waals surface area contributed by atoms with E-state index in [2.05, 4.69) is 20.2 Å². The standard InChI is InChI=1S/C16H10F3N5O2/c17-16(18,19)12-7-11(5-6-13(12)25)15-22-14(23-26-15)10-3-1-9(2-4-10)8-21-24-20/h1-7,25H,8H2. The topological polar surface area (TPSA) is 108 Å². The normalized spacial score (nSPS) is 11.2. The van der Waals surface area contributed by atoms with Crippen molar-refractivity contribution in [2.75, 3.05) is 0 Å². The van der Waals surface area contributed by atoms with Crippen LogP contribution in [0.25, 0.3) is 33.3 Å². The minimum absolute atomic E-state index is 0.0360. The molecule has 0 saturated heterocycles. The summed E-state index contributed by atoms with van der Waals surface area (Å²) in [4.78, 5) is 6.75. The molecule has 0 unspecified atom stereocenters. The van der Waals surface area contributed by atoms with Gasteiger partial charge in [-0.1, -0.05) is 34.5 Å². The van der Waals surface area contributed by atoms with Gasteiger partial charge in [0.1, 0.15) is 5.75 Å². The molecule has 10 heteroatoms. The Balaban J connectivity index is 1.89. The van der Waals surface area contributed by atoms with Gasteiger partial charge >= 0.3 is 6.18 Å². The molecular formula is C16H10F3N5O2. The van der Waals surface area contributed by atoms with Crippen LogP contribution in [0.2, 0.25) is 0 Å². The van der Waals surface area contributed by atoms with Crippen LogP contribution in [0.5, 0.6) is 5.75 Å². The smallest absolute Gasteiger partial charge is 0.419 e. The summed E-state index contributed by atoms with van der Waals surface area (Å²) in [5.41, 5.74) is 8.51. The Kier molecular flexibility index (Phi) is 4.51. The summed E-state index contributed by atoms with van der Waals surface area (Å²) in [5, 5.41) is 16.6. The highest BCUT2D eigenvalue weighted by Crippen LogP contribution is 2.38. The number of phenolic OH excluding ortho intramolecular Hbond substituents is 1. The summed E-state index contributed by atoms with van der Waals surface area (Å²) in [6, 6.07) is 9.70. The molecule has 1 N–H and O–H groups in total. The van der Waals surface area contributed by atoms with Gasteiger partial charge in [0.15, 0.2) is 0 Å². The third-order valence-corrected chi connectivity index (χ3v) is 3.50. The first-order valence-electron chi connectivity index (χ1n) is 7.23. The summed E-state index contributed by atoms with van der Waals surface area (Å²) in [6.45, 7) is 0.196. The van der Waals surface area contributed by atoms with Gasteiger partial charge in [-0.15, -0.1) is 0 Å². The number of nitrogens with zero attached hydrogens (tertiary/aromatic N) is 5. The van der Waals surface area contributed by atoms with Crippen molar-refractivity contribution in [2.45, 2.75) is 12.7 Å². The maximum Gasteiger partial charge on any atom is 0.419 e. The maximum atomic E-state index is 12.9. The number of aromatic nitrogens is 2. The predicted octanol–water partition coefficient (Wildman–Crippen LogP) is 4.94. The molecule has 26 heavy (non-hydrogen) atoms. The van der Waals surface area contributed by atoms with Crippen molar-refractivity contribution in [3.63, 3.8) is 0 Å². The largest absolute Gasteiger partial charge is 0.507 e. The second-order valence-electron chi connectivity index (χ2n) is 5.24. The van der Waals surface area contributed by atoms with Gasteiger partial charge in [-0.25, -0.2) is 0 Å². The molecule has 7 nitrogen and oxygen atoms in total. The van der Waals surface area contributed by atoms with E-state index in [0.717, 1.165) is 17.7 Å². The minimum Gasteiger partial charge on any atom is -0.507 e. The zero-order valence-corrected chi connectivity index (χ0v) is 13.0. The SMILES string of the molecule is [N-]=[N+]=NCc1ccc(-c2noc(-c3ccc(O)c(C(F)(F)F)c3)n2)cc1. The highest BCUT2D eigenvalue weighted by molar-refractivity contribution is 5.62. The van der Waals surface area contributed by atoms with Crippen molar-refractivity contribution in [2.24, 2.45) is 5.11 Å². The van der Waals surface area contributed by atoms with Crippen LogP contribution in [0.3, 0.4) is 0 Å². The van der Waals surface area contributed by atoms with Gasteiger partial charge in [0.05, 0.1) is 12.1 Å². The molecule has 0 aliphatic carbocycles. The fraction of sp³-hybridized carbons (Fsp3) is 0.125. The molecule has 3 aromatic rings. The van der Waals surface area contributed by atoms with E-state index in [0.29, 0.717) is 5.56 Å². The monoisotopic (exact) mass is 361 g/mol. The van der Waals surface area contributed by atoms with Crippen LogP contribution in [0.4, 0.5) is 13.2 Å². The molecule has 0 aliphatic heterocycles. The molecule has 0 atom stereocenters. The Bertz CT molecular complexity index is 976. The van der Waals surface area contributed by atoms with Gasteiger partial charge < -0.3 is 9.63 Å². The summed E-state index contributed by atoms with van der Waals surface area (Å²) < 4.78 is 43.7. The molecule has 0 bridgehead atoms. The number of rotatable bonds is 4. The molecule has 0 spiro atoms. The fourth-order valence-corrected chi connectivity index (χ4v) is 2.23. The molecule has 0 fully saturated rings. The molecule has 2 aromatic carbocycles. The van der Waals surface area contributed by atoms with E-state index in [9.17, 15) is 18.3 Å². The van der Waals surface area contributed by atoms with E-state index < -0.39 is 17.5 Å². The maximum absolute atomic E-state index is 12.9. The Morgan fingerprint density at radius 1 is 1.12 bits per heavy atom. The van der Waals surface area contributed by atoms with Crippen molar-refractivity contribution in [1.29, 1.82) is 0 Å². The van der Waals surface area contributed by atoms with Crippen LogP contribution in [-0.4, -0.2) is 15.2 Å². The molecule has 0 aliphatic rings. The number of hydrogen-bond donors (Lipinski definition) is 1. The van der Waals surface area contributed by atoms with Gasteiger partial charge in [-0.3, -0.25) is 0 Å². The highest BCUT2D eigenvalue weighted by atomic mass is 19.4. The molecule has 132 valence electrons. The fourth-order valence-electron chi connectivity index (χ4n) is 2.23. The summed E-state index contributed by atoms with van der Waals surface area (Å²) in [5.74, 6) is -0.794. The number of hydrogen-bond acceptors (Lipinski definition) is 5. The average molecular weight is 361 g/mol. The van der Waals surface area contributed by atoms with Gasteiger partial charge in [0, 0.05) is 16.0 Å². The number of halogens is 3. The van der Waals surface area contributed by atoms with Crippen molar-refractivity contribution in [3.8, 4) is 28.6 Å². The molecule has 0 amide bonds. The van der Waals surface area contributed by atoms with E-state index in [4.69, 9.17) is 10.1 Å². The molecule has 0 radical (unpaired) electrons. The first-order chi connectivity index (χ1) is 12.4. The van der Waals surface area contributed by atoms with Crippen molar-refractivity contribution < 1.29 is 22.8 Å². The zero-order chi connectivity index (χ0) is 18.7. The zero-order valence-electron chi connectivity index (χ0n) is 13.0. The van der Waals surface area contributed by atoms with Crippen LogP contribution < -0.4 is 0 Å². The Morgan fingerprint density at radius 2 is 1.81 bits per heavy atom. The molecule has 1 aromatic heterocycles. The van der Waals surface area contributed by atoms with Crippen molar-refractivity contribution in [1.82, 2.24) is 10.1 Å². The first-order valence-corrected chi connectivity index (χ1v) is 7.23. The number of benzene rings is 2. The Labute approximate surface area is 144 Å². The van der Waals surface area contributed by atoms with Crippen LogP contribution in [-0.2, 0) is 12.7 Å². The highest BCUT2D eigenvalue weighted by Gasteiger charge is 2.34. The van der Waals surface area contributed by atoms with Crippen molar-refractivity contribution >= 4 is 0 Å². The predicted molar refractivity (Wildman–Crippen MR) is 84.7 cm³/mol. The third-order valence-electron chi connectivity index (χ3n) is 3.50. The van der Waals surface area contributed by atoms with Gasteiger partial charge in [0.25, 0.3) is 5.89 Å². The first kappa shape index (κ1) is 17.3. The number of alkyl halides is 3. The Hall–Kier alpha value is -3.52. The van der Waals surface area contributed by atoms with Crippen LogP contribution in [0.1, 0.15) is 11.1 Å². The van der Waals surface area contributed by atoms with Crippen molar-refractivity contribution in [3.05, 3.63) is 64.0 Å². The third kappa shape index (κ3) is 3.60. The van der Waals surface area contributed by atoms with Gasteiger partial charge in [-0.05, 0) is 29.3 Å². The van der Waals surface area contributed by atoms with E-state index in [-0.39, 0.29) is 23.8 Å². The lowest BCUT2D eigenvalue weighted by Crippen LogP contribution is -2.05. The average Bonchev–Trinajstić information content (AvgIpc) is 3.10. The summed E-state index contributed by atoms with van der Waals surface area (Å²) in [6.07, 6.45) is -4.70. The Morgan fingerprint density at radius 3 is 2.46 bits per heavy atom. The van der Waals surface area contributed by atoms with Crippen LogP contribution >= 0.6 is 0 Å². The summed E-state index contributed by atoms with van der Waals surface area (Å²) in [7, 11) is 0. The number of phenols is 1. The second kappa shape index (κ2) is 6.77. The molecular weight excluding hydrogens is 351 g/mol. The molecule has 0 saturated carbocycles. The lowest BCUT2D eigenvalue weighted by Gasteiger charge is -2.09. The van der Waals surface area contributed by atoms with Crippen LogP contribution in [0, 0.1) is 0 Å². The molecule has 3 rings (SSSR count). The van der Waals surface area contributed by atoms with E-state index in [1.165, 1.54) is 6.07 Å². The van der Waals surface area contributed by atoms with E-state index in [1.807, 2.05) is 0 Å². The van der Waals surface area contributed by atoms with E-state index in [1.54, 1.807) is 24.3 Å². The van der Waals surface area contributed by atoms with Gasteiger partial charge in [0.2, 0.25) is 5.82 Å². The number of aromatic hydroxyl groups is 1.